The number of benzene rings is 1. The van der Waals surface area contributed by atoms with Crippen molar-refractivity contribution in [3.05, 3.63) is 76.7 Å². The van der Waals surface area contributed by atoms with E-state index in [1.807, 2.05) is 4.90 Å². The third-order valence-electron chi connectivity index (χ3n) is 6.21. The van der Waals surface area contributed by atoms with Gasteiger partial charge >= 0.3 is 6.18 Å². The van der Waals surface area contributed by atoms with Crippen molar-refractivity contribution in [2.75, 3.05) is 50.4 Å². The molecule has 1 aliphatic rings. The van der Waals surface area contributed by atoms with Crippen molar-refractivity contribution in [2.45, 2.75) is 19.6 Å². The van der Waals surface area contributed by atoms with E-state index < -0.39 is 17.6 Å². The molecule has 2 N–H and O–H groups in total. The highest BCUT2D eigenvalue weighted by Crippen LogP contribution is 2.33. The molecule has 38 heavy (non-hydrogen) atoms. The van der Waals surface area contributed by atoms with Crippen LogP contribution < -0.4 is 10.6 Å². The van der Waals surface area contributed by atoms with Gasteiger partial charge in [0.05, 0.1) is 11.1 Å². The molecular weight excluding hydrogens is 495 g/mol. The second-order valence-corrected chi connectivity index (χ2v) is 8.76. The normalized spacial score (nSPS) is 14.4. The van der Waals surface area contributed by atoms with Gasteiger partial charge in [0.15, 0.2) is 0 Å². The van der Waals surface area contributed by atoms with E-state index in [9.17, 15) is 18.0 Å². The van der Waals surface area contributed by atoms with Crippen LogP contribution in [-0.2, 0) is 12.7 Å². The third-order valence-corrected chi connectivity index (χ3v) is 6.21. The van der Waals surface area contributed by atoms with E-state index in [1.54, 1.807) is 31.6 Å². The van der Waals surface area contributed by atoms with E-state index in [-0.39, 0.29) is 23.5 Å². The number of rotatable bonds is 6. The summed E-state index contributed by atoms with van der Waals surface area (Å²) in [6.45, 7) is 6.23. The van der Waals surface area contributed by atoms with Crippen LogP contribution in [-0.4, -0.2) is 70.4 Å². The number of piperazine rings is 1. The maximum Gasteiger partial charge on any atom is 0.416 e. The second kappa shape index (κ2) is 12.0. The first kappa shape index (κ1) is 27.0. The van der Waals surface area contributed by atoms with Gasteiger partial charge in [-0.25, -0.2) is 15.0 Å². The number of likely N-dealkylation sites (N-methyl/N-ethyl adjacent to an activating group) is 1. The number of carbonyl (C=O) groups excluding carboxylic acids is 1. The predicted octanol–water partition coefficient (Wildman–Crippen LogP) is 3.72. The quantitative estimate of drug-likeness (QED) is 0.477. The monoisotopic (exact) mass is 523 g/mol. The Bertz CT molecular complexity index is 1320. The number of aromatic nitrogens is 3. The van der Waals surface area contributed by atoms with Gasteiger partial charge in [-0.3, -0.25) is 9.69 Å². The zero-order valence-corrected chi connectivity index (χ0v) is 21.1. The van der Waals surface area contributed by atoms with Gasteiger partial charge in [-0.1, -0.05) is 24.8 Å². The standard InChI is InChI=1S/C27H28F3N7O/c1-3-36-10-12-37(13-11-36)18-22-7-6-21(15-23(22)27(28,29)30)25(38)35-24-14-19(8-9-32-24)4-5-20-16-33-26(31-2)34-17-20/h6-9,14-17H,3,10-13,18H2,1-2H3,(H,31,33,34)(H,32,35,38). The lowest BCUT2D eigenvalue weighted by Gasteiger charge is -2.34. The molecule has 4 rings (SSSR count). The van der Waals surface area contributed by atoms with Crippen molar-refractivity contribution in [1.82, 2.24) is 24.8 Å². The molecule has 1 amide bonds. The minimum absolute atomic E-state index is 0.100. The molecule has 0 aliphatic carbocycles. The molecule has 0 spiro atoms. The first-order valence-electron chi connectivity index (χ1n) is 12.2. The molecule has 1 aliphatic heterocycles. The fourth-order valence-corrected chi connectivity index (χ4v) is 4.06. The molecule has 0 radical (unpaired) electrons. The molecule has 0 atom stereocenters. The highest BCUT2D eigenvalue weighted by molar-refractivity contribution is 6.04. The second-order valence-electron chi connectivity index (χ2n) is 8.76. The smallest absolute Gasteiger partial charge is 0.357 e. The Labute approximate surface area is 219 Å². The van der Waals surface area contributed by atoms with Gasteiger partial charge in [0.2, 0.25) is 5.95 Å². The Morgan fingerprint density at radius 3 is 2.32 bits per heavy atom. The van der Waals surface area contributed by atoms with Crippen molar-refractivity contribution in [2.24, 2.45) is 0 Å². The van der Waals surface area contributed by atoms with Crippen LogP contribution in [0.5, 0.6) is 0 Å². The van der Waals surface area contributed by atoms with Crippen LogP contribution in [0, 0.1) is 11.8 Å². The first-order chi connectivity index (χ1) is 18.2. The highest BCUT2D eigenvalue weighted by atomic mass is 19.4. The van der Waals surface area contributed by atoms with Crippen molar-refractivity contribution >= 4 is 17.7 Å². The number of carbonyl (C=O) groups is 1. The Balaban J connectivity index is 1.47. The number of nitrogens with zero attached hydrogens (tertiary/aromatic N) is 5. The minimum Gasteiger partial charge on any atom is -0.357 e. The van der Waals surface area contributed by atoms with E-state index in [2.05, 4.69) is 49.3 Å². The van der Waals surface area contributed by atoms with Gasteiger partial charge < -0.3 is 15.5 Å². The predicted molar refractivity (Wildman–Crippen MR) is 139 cm³/mol. The van der Waals surface area contributed by atoms with Crippen LogP contribution in [0.3, 0.4) is 0 Å². The van der Waals surface area contributed by atoms with Crippen molar-refractivity contribution in [3.8, 4) is 11.8 Å². The van der Waals surface area contributed by atoms with Gasteiger partial charge in [0, 0.05) is 69.5 Å². The lowest BCUT2D eigenvalue weighted by Crippen LogP contribution is -2.45. The van der Waals surface area contributed by atoms with Gasteiger partial charge in [-0.05, 0) is 36.4 Å². The topological polar surface area (TPSA) is 86.3 Å². The molecule has 3 heterocycles. The fraction of sp³-hybridized carbons (Fsp3) is 0.333. The number of pyridine rings is 1. The molecule has 8 nitrogen and oxygen atoms in total. The highest BCUT2D eigenvalue weighted by Gasteiger charge is 2.34. The van der Waals surface area contributed by atoms with Gasteiger partial charge in [-0.15, -0.1) is 0 Å². The SMILES string of the molecule is CCN1CCN(Cc2ccc(C(=O)Nc3cc(C#Cc4cnc(NC)nc4)ccn3)cc2C(F)(F)F)CC1. The number of amides is 1. The molecular formula is C27H28F3N7O. The van der Waals surface area contributed by atoms with Crippen LogP contribution in [0.15, 0.2) is 48.9 Å². The lowest BCUT2D eigenvalue weighted by atomic mass is 10.0. The lowest BCUT2D eigenvalue weighted by molar-refractivity contribution is -0.138. The summed E-state index contributed by atoms with van der Waals surface area (Å²) in [6, 6.07) is 6.91. The Hall–Kier alpha value is -4.01. The van der Waals surface area contributed by atoms with E-state index in [0.29, 0.717) is 30.2 Å². The van der Waals surface area contributed by atoms with E-state index in [4.69, 9.17) is 0 Å². The van der Waals surface area contributed by atoms with Crippen LogP contribution >= 0.6 is 0 Å². The summed E-state index contributed by atoms with van der Waals surface area (Å²) in [7, 11) is 1.71. The van der Waals surface area contributed by atoms with Crippen LogP contribution in [0.4, 0.5) is 24.9 Å². The van der Waals surface area contributed by atoms with Crippen LogP contribution in [0.25, 0.3) is 0 Å². The van der Waals surface area contributed by atoms with E-state index >= 15 is 0 Å². The van der Waals surface area contributed by atoms with Gasteiger partial charge in [0.1, 0.15) is 5.82 Å². The van der Waals surface area contributed by atoms with E-state index in [0.717, 1.165) is 25.7 Å². The number of hydrogen-bond donors (Lipinski definition) is 2. The number of nitrogens with one attached hydrogen (secondary N) is 2. The molecule has 1 aromatic carbocycles. The first-order valence-corrected chi connectivity index (χ1v) is 12.2. The van der Waals surface area contributed by atoms with E-state index in [1.165, 1.54) is 18.3 Å². The molecule has 0 saturated carbocycles. The molecule has 0 unspecified atom stereocenters. The van der Waals surface area contributed by atoms with Gasteiger partial charge in [0.25, 0.3) is 5.91 Å². The molecule has 11 heteroatoms. The summed E-state index contributed by atoms with van der Waals surface area (Å²) in [5.74, 6) is 5.82. The average Bonchev–Trinajstić information content (AvgIpc) is 2.92. The largest absolute Gasteiger partial charge is 0.416 e. The third kappa shape index (κ3) is 7.06. The zero-order chi connectivity index (χ0) is 27.1. The Morgan fingerprint density at radius 2 is 1.66 bits per heavy atom. The molecule has 0 bridgehead atoms. The maximum absolute atomic E-state index is 13.9. The molecule has 1 saturated heterocycles. The number of alkyl halides is 3. The maximum atomic E-state index is 13.9. The minimum atomic E-state index is -4.58. The molecule has 3 aromatic rings. The molecule has 1 fully saturated rings. The summed E-state index contributed by atoms with van der Waals surface area (Å²) >= 11 is 0. The van der Waals surface area contributed by atoms with Crippen LogP contribution in [0.2, 0.25) is 0 Å². The van der Waals surface area contributed by atoms with Crippen molar-refractivity contribution in [1.29, 1.82) is 0 Å². The van der Waals surface area contributed by atoms with Crippen molar-refractivity contribution < 1.29 is 18.0 Å². The summed E-state index contributed by atoms with van der Waals surface area (Å²) in [5, 5.41) is 5.39. The number of hydrogen-bond acceptors (Lipinski definition) is 7. The Kier molecular flexibility index (Phi) is 8.55. The summed E-state index contributed by atoms with van der Waals surface area (Å²) in [4.78, 5) is 29.4. The summed E-state index contributed by atoms with van der Waals surface area (Å²) < 4.78 is 41.7. The summed E-state index contributed by atoms with van der Waals surface area (Å²) in [6.07, 6.45) is 0.0218. The average molecular weight is 524 g/mol. The van der Waals surface area contributed by atoms with Crippen LogP contribution in [0.1, 0.15) is 39.5 Å². The summed E-state index contributed by atoms with van der Waals surface area (Å²) in [5.41, 5.74) is 0.404. The zero-order valence-electron chi connectivity index (χ0n) is 21.1. The van der Waals surface area contributed by atoms with Crippen molar-refractivity contribution in [3.63, 3.8) is 0 Å². The molecule has 2 aromatic heterocycles. The Morgan fingerprint density at radius 1 is 0.974 bits per heavy atom. The molecule has 198 valence electrons. The fourth-order valence-electron chi connectivity index (χ4n) is 4.06. The number of anilines is 2. The number of halogens is 3. The van der Waals surface area contributed by atoms with Gasteiger partial charge in [-0.2, -0.15) is 13.2 Å².